The fourth-order valence-corrected chi connectivity index (χ4v) is 2.26. The molecule has 27 heavy (non-hydrogen) atoms. The molecule has 1 amide bonds. The third-order valence-electron chi connectivity index (χ3n) is 3.62. The monoisotopic (exact) mass is 375 g/mol. The maximum atomic E-state index is 13.6. The minimum Gasteiger partial charge on any atom is -0.354 e. The number of anilines is 3. The van der Waals surface area contributed by atoms with Crippen LogP contribution >= 0.6 is 0 Å². The van der Waals surface area contributed by atoms with E-state index in [9.17, 15) is 22.4 Å². The Labute approximate surface area is 151 Å². The van der Waals surface area contributed by atoms with Gasteiger partial charge in [0.05, 0.1) is 23.1 Å². The van der Waals surface area contributed by atoms with Crippen LogP contribution in [0.3, 0.4) is 0 Å². The highest BCUT2D eigenvalue weighted by atomic mass is 19.4. The number of hydrogen-bond acceptors (Lipinski definition) is 3. The summed E-state index contributed by atoms with van der Waals surface area (Å²) in [5.41, 5.74) is 0.282. The van der Waals surface area contributed by atoms with E-state index < -0.39 is 23.5 Å². The Bertz CT molecular complexity index is 938. The molecule has 4 nitrogen and oxygen atoms in total. The Kier molecular flexibility index (Phi) is 5.07. The molecule has 0 aliphatic carbocycles. The van der Waals surface area contributed by atoms with Crippen molar-refractivity contribution < 1.29 is 22.4 Å². The fraction of sp³-hybridized carbons (Fsp3) is 0.0526. The number of carbonyl (C=O) groups excluding carboxylic acids is 1. The molecule has 0 saturated carbocycles. The molecule has 3 aromatic rings. The second-order valence-electron chi connectivity index (χ2n) is 5.57. The molecule has 3 rings (SSSR count). The number of nitrogens with one attached hydrogen (secondary N) is 2. The molecule has 138 valence electrons. The van der Waals surface area contributed by atoms with Crippen LogP contribution in [0.15, 0.2) is 66.9 Å². The van der Waals surface area contributed by atoms with Gasteiger partial charge in [0.25, 0.3) is 5.91 Å². The van der Waals surface area contributed by atoms with Crippen molar-refractivity contribution in [3.05, 3.63) is 83.9 Å². The number of aromatic nitrogens is 1. The first-order chi connectivity index (χ1) is 12.8. The Morgan fingerprint density at radius 1 is 0.889 bits per heavy atom. The second-order valence-corrected chi connectivity index (χ2v) is 5.57. The van der Waals surface area contributed by atoms with Crippen molar-refractivity contribution in [3.8, 4) is 0 Å². The van der Waals surface area contributed by atoms with Gasteiger partial charge in [0.15, 0.2) is 0 Å². The van der Waals surface area contributed by atoms with Gasteiger partial charge in [0, 0.05) is 5.69 Å². The molecule has 0 aliphatic rings. The van der Waals surface area contributed by atoms with Gasteiger partial charge < -0.3 is 10.6 Å². The number of para-hydroxylation sites is 1. The first-order valence-corrected chi connectivity index (χ1v) is 7.79. The molecule has 0 unspecified atom stereocenters. The molecule has 0 bridgehead atoms. The third-order valence-corrected chi connectivity index (χ3v) is 3.62. The standard InChI is InChI=1S/C19H13F4N3O/c20-15-3-1-2-4-16(15)26-18(27)17-10-9-14(11-24-17)25-13-7-5-12(6-8-13)19(21,22)23/h1-11,25H,(H,26,27). The van der Waals surface area contributed by atoms with E-state index >= 15 is 0 Å². The molecule has 0 atom stereocenters. The topological polar surface area (TPSA) is 54.0 Å². The molecular weight excluding hydrogens is 362 g/mol. The van der Waals surface area contributed by atoms with E-state index in [1.807, 2.05) is 0 Å². The van der Waals surface area contributed by atoms with Crippen molar-refractivity contribution >= 4 is 23.0 Å². The van der Waals surface area contributed by atoms with Crippen LogP contribution < -0.4 is 10.6 Å². The minimum absolute atomic E-state index is 0.0382. The summed E-state index contributed by atoms with van der Waals surface area (Å²) in [5, 5.41) is 5.30. The zero-order valence-corrected chi connectivity index (χ0v) is 13.7. The van der Waals surface area contributed by atoms with Crippen LogP contribution in [-0.2, 0) is 6.18 Å². The molecule has 8 heteroatoms. The molecule has 0 spiro atoms. The van der Waals surface area contributed by atoms with Crippen molar-refractivity contribution in [2.75, 3.05) is 10.6 Å². The number of rotatable bonds is 4. The van der Waals surface area contributed by atoms with Crippen LogP contribution in [0, 0.1) is 5.82 Å². The minimum atomic E-state index is -4.40. The second kappa shape index (κ2) is 7.45. The van der Waals surface area contributed by atoms with E-state index in [1.165, 1.54) is 42.6 Å². The Balaban J connectivity index is 1.66. The maximum Gasteiger partial charge on any atom is 0.416 e. The molecule has 1 aromatic heterocycles. The number of alkyl halides is 3. The summed E-state index contributed by atoms with van der Waals surface area (Å²) in [7, 11) is 0. The van der Waals surface area contributed by atoms with Gasteiger partial charge >= 0.3 is 6.18 Å². The maximum absolute atomic E-state index is 13.6. The van der Waals surface area contributed by atoms with E-state index in [4.69, 9.17) is 0 Å². The smallest absolute Gasteiger partial charge is 0.354 e. The van der Waals surface area contributed by atoms with Crippen molar-refractivity contribution in [2.45, 2.75) is 6.18 Å². The highest BCUT2D eigenvalue weighted by Gasteiger charge is 2.29. The largest absolute Gasteiger partial charge is 0.416 e. The van der Waals surface area contributed by atoms with Gasteiger partial charge in [-0.3, -0.25) is 4.79 Å². The van der Waals surface area contributed by atoms with Crippen LogP contribution in [-0.4, -0.2) is 10.9 Å². The zero-order chi connectivity index (χ0) is 19.4. The average molecular weight is 375 g/mol. The summed E-state index contributed by atoms with van der Waals surface area (Å²) in [6.45, 7) is 0. The number of pyridine rings is 1. The third kappa shape index (κ3) is 4.60. The average Bonchev–Trinajstić information content (AvgIpc) is 2.64. The summed E-state index contributed by atoms with van der Waals surface area (Å²) in [6.07, 6.45) is -3.04. The lowest BCUT2D eigenvalue weighted by Gasteiger charge is -2.10. The van der Waals surface area contributed by atoms with Gasteiger partial charge in [-0.2, -0.15) is 13.2 Å². The van der Waals surface area contributed by atoms with Gasteiger partial charge in [-0.25, -0.2) is 9.37 Å². The summed E-state index contributed by atoms with van der Waals surface area (Å²) in [4.78, 5) is 16.1. The van der Waals surface area contributed by atoms with E-state index in [1.54, 1.807) is 12.1 Å². The predicted molar refractivity (Wildman–Crippen MR) is 93.3 cm³/mol. The number of amides is 1. The normalized spacial score (nSPS) is 11.1. The molecule has 0 fully saturated rings. The summed E-state index contributed by atoms with van der Waals surface area (Å²) in [6, 6.07) is 13.2. The number of benzene rings is 2. The Hall–Kier alpha value is -3.42. The number of carbonyl (C=O) groups is 1. The number of nitrogens with zero attached hydrogens (tertiary/aromatic N) is 1. The van der Waals surface area contributed by atoms with Crippen molar-refractivity contribution in [1.29, 1.82) is 0 Å². The number of halogens is 4. The van der Waals surface area contributed by atoms with Crippen molar-refractivity contribution in [1.82, 2.24) is 4.98 Å². The molecule has 0 radical (unpaired) electrons. The lowest BCUT2D eigenvalue weighted by Crippen LogP contribution is -2.14. The van der Waals surface area contributed by atoms with Gasteiger partial charge in [-0.15, -0.1) is 0 Å². The molecule has 2 N–H and O–H groups in total. The van der Waals surface area contributed by atoms with Gasteiger partial charge in [-0.1, -0.05) is 12.1 Å². The predicted octanol–water partition coefficient (Wildman–Crippen LogP) is 5.24. The van der Waals surface area contributed by atoms with Crippen LogP contribution in [0.4, 0.5) is 34.6 Å². The lowest BCUT2D eigenvalue weighted by atomic mass is 10.2. The van der Waals surface area contributed by atoms with Crippen molar-refractivity contribution in [3.63, 3.8) is 0 Å². The number of hydrogen-bond donors (Lipinski definition) is 2. The lowest BCUT2D eigenvalue weighted by molar-refractivity contribution is -0.137. The highest BCUT2D eigenvalue weighted by molar-refractivity contribution is 6.03. The molecule has 2 aromatic carbocycles. The summed E-state index contributed by atoms with van der Waals surface area (Å²) < 4.78 is 51.2. The quantitative estimate of drug-likeness (QED) is 0.614. The molecule has 0 aliphatic heterocycles. The van der Waals surface area contributed by atoms with Gasteiger partial charge in [-0.05, 0) is 48.5 Å². The highest BCUT2D eigenvalue weighted by Crippen LogP contribution is 2.30. The molecule has 0 saturated heterocycles. The van der Waals surface area contributed by atoms with Crippen LogP contribution in [0.2, 0.25) is 0 Å². The SMILES string of the molecule is O=C(Nc1ccccc1F)c1ccc(Nc2ccc(C(F)(F)F)cc2)cn1. The molecule has 1 heterocycles. The van der Waals surface area contributed by atoms with Gasteiger partial charge in [0.2, 0.25) is 0 Å². The Morgan fingerprint density at radius 2 is 1.56 bits per heavy atom. The van der Waals surface area contributed by atoms with E-state index in [2.05, 4.69) is 15.6 Å². The Morgan fingerprint density at radius 3 is 2.15 bits per heavy atom. The summed E-state index contributed by atoms with van der Waals surface area (Å²) in [5.74, 6) is -1.15. The first kappa shape index (κ1) is 18.4. The van der Waals surface area contributed by atoms with Crippen molar-refractivity contribution in [2.24, 2.45) is 0 Å². The van der Waals surface area contributed by atoms with Crippen LogP contribution in [0.1, 0.15) is 16.1 Å². The van der Waals surface area contributed by atoms with E-state index in [0.29, 0.717) is 11.4 Å². The van der Waals surface area contributed by atoms with Crippen LogP contribution in [0.5, 0.6) is 0 Å². The van der Waals surface area contributed by atoms with E-state index in [-0.39, 0.29) is 11.4 Å². The van der Waals surface area contributed by atoms with Gasteiger partial charge in [0.1, 0.15) is 11.5 Å². The van der Waals surface area contributed by atoms with E-state index in [0.717, 1.165) is 12.1 Å². The fourth-order valence-electron chi connectivity index (χ4n) is 2.26. The van der Waals surface area contributed by atoms with Crippen LogP contribution in [0.25, 0.3) is 0 Å². The summed E-state index contributed by atoms with van der Waals surface area (Å²) >= 11 is 0. The zero-order valence-electron chi connectivity index (χ0n) is 13.7. The first-order valence-electron chi connectivity index (χ1n) is 7.79. The molecular formula is C19H13F4N3O.